The highest BCUT2D eigenvalue weighted by Gasteiger charge is 2.30. The molecular weight excluding hydrogens is 292 g/mol. The van der Waals surface area contributed by atoms with Crippen molar-refractivity contribution in [1.29, 1.82) is 0 Å². The highest BCUT2D eigenvalue weighted by Crippen LogP contribution is 2.24. The number of hydrogen-bond donors (Lipinski definition) is 1. The first-order valence-electron chi connectivity index (χ1n) is 7.83. The van der Waals surface area contributed by atoms with Crippen LogP contribution < -0.4 is 15.6 Å². The number of carbonyl (C=O) groups is 1. The molecule has 1 N–H and O–H groups in total. The molecule has 2 atom stereocenters. The van der Waals surface area contributed by atoms with E-state index in [1.165, 1.54) is 10.6 Å². The molecule has 1 saturated carbocycles. The van der Waals surface area contributed by atoms with Gasteiger partial charge in [-0.2, -0.15) is 0 Å². The lowest BCUT2D eigenvalue weighted by Crippen LogP contribution is -2.42. The summed E-state index contributed by atoms with van der Waals surface area (Å²) in [5, 5.41) is 3.00. The molecule has 1 aromatic carbocycles. The standard InChI is InChI=1S/C18H20N2O3/c1-20-11-10-13(12-17(20)21)18(22)19-15-8-5-9-16(15)23-14-6-3-2-4-7-14/h2-4,6-7,10-12,15-16H,5,8-9H2,1H3,(H,19,22)/t15-,16-/m0/s1. The number of aromatic nitrogens is 1. The Labute approximate surface area is 134 Å². The zero-order valence-corrected chi connectivity index (χ0v) is 13.1. The number of hydrogen-bond acceptors (Lipinski definition) is 3. The molecule has 0 spiro atoms. The lowest BCUT2D eigenvalue weighted by Gasteiger charge is -2.22. The fourth-order valence-electron chi connectivity index (χ4n) is 2.85. The van der Waals surface area contributed by atoms with Gasteiger partial charge >= 0.3 is 0 Å². The molecule has 5 heteroatoms. The van der Waals surface area contributed by atoms with Gasteiger partial charge in [0.25, 0.3) is 11.5 Å². The minimum absolute atomic E-state index is 0.0344. The van der Waals surface area contributed by atoms with E-state index in [1.807, 2.05) is 30.3 Å². The first-order valence-corrected chi connectivity index (χ1v) is 7.83. The predicted molar refractivity (Wildman–Crippen MR) is 87.6 cm³/mol. The van der Waals surface area contributed by atoms with Crippen molar-refractivity contribution in [1.82, 2.24) is 9.88 Å². The predicted octanol–water partition coefficient (Wildman–Crippen LogP) is 2.12. The number of para-hydroxylation sites is 1. The summed E-state index contributed by atoms with van der Waals surface area (Å²) in [4.78, 5) is 24.0. The zero-order valence-electron chi connectivity index (χ0n) is 13.1. The van der Waals surface area contributed by atoms with Gasteiger partial charge in [-0.05, 0) is 37.5 Å². The van der Waals surface area contributed by atoms with Crippen molar-refractivity contribution in [2.75, 3.05) is 0 Å². The summed E-state index contributed by atoms with van der Waals surface area (Å²) in [6.45, 7) is 0. The lowest BCUT2D eigenvalue weighted by atomic mass is 10.1. The Bertz CT molecular complexity index is 739. The van der Waals surface area contributed by atoms with E-state index in [4.69, 9.17) is 4.74 Å². The summed E-state index contributed by atoms with van der Waals surface area (Å²) < 4.78 is 7.43. The third-order valence-corrected chi connectivity index (χ3v) is 4.17. The van der Waals surface area contributed by atoms with Gasteiger partial charge in [-0.25, -0.2) is 0 Å². The molecule has 1 aromatic heterocycles. The normalized spacial score (nSPS) is 20.2. The van der Waals surface area contributed by atoms with Crippen molar-refractivity contribution >= 4 is 5.91 Å². The van der Waals surface area contributed by atoms with Gasteiger partial charge in [0.1, 0.15) is 11.9 Å². The Hall–Kier alpha value is -2.56. The summed E-state index contributed by atoms with van der Waals surface area (Å²) in [5.41, 5.74) is 0.194. The average molecular weight is 312 g/mol. The molecule has 1 fully saturated rings. The van der Waals surface area contributed by atoms with Gasteiger partial charge in [-0.3, -0.25) is 9.59 Å². The summed E-state index contributed by atoms with van der Waals surface area (Å²) >= 11 is 0. The van der Waals surface area contributed by atoms with Crippen LogP contribution in [-0.2, 0) is 7.05 Å². The van der Waals surface area contributed by atoms with E-state index in [0.29, 0.717) is 5.56 Å². The first-order chi connectivity index (χ1) is 11.1. The third kappa shape index (κ3) is 3.62. The Morgan fingerprint density at radius 1 is 1.22 bits per heavy atom. The number of ether oxygens (including phenoxy) is 1. The first kappa shape index (κ1) is 15.3. The Kier molecular flexibility index (Phi) is 4.46. The fourth-order valence-corrected chi connectivity index (χ4v) is 2.85. The van der Waals surface area contributed by atoms with Crippen LogP contribution in [0.25, 0.3) is 0 Å². The highest BCUT2D eigenvalue weighted by molar-refractivity contribution is 5.94. The van der Waals surface area contributed by atoms with Crippen LogP contribution in [0.5, 0.6) is 5.75 Å². The maximum Gasteiger partial charge on any atom is 0.251 e. The molecule has 1 heterocycles. The number of nitrogens with zero attached hydrogens (tertiary/aromatic N) is 1. The van der Waals surface area contributed by atoms with E-state index in [1.54, 1.807) is 19.3 Å². The summed E-state index contributed by atoms with van der Waals surface area (Å²) in [5.74, 6) is 0.587. The Morgan fingerprint density at radius 3 is 2.74 bits per heavy atom. The van der Waals surface area contributed by atoms with Crippen molar-refractivity contribution in [3.63, 3.8) is 0 Å². The van der Waals surface area contributed by atoms with Gasteiger partial charge in [0.15, 0.2) is 0 Å². The number of amides is 1. The van der Waals surface area contributed by atoms with E-state index >= 15 is 0 Å². The van der Waals surface area contributed by atoms with Crippen molar-refractivity contribution in [2.24, 2.45) is 7.05 Å². The van der Waals surface area contributed by atoms with Crippen LogP contribution in [0.15, 0.2) is 53.5 Å². The molecule has 2 aromatic rings. The summed E-state index contributed by atoms with van der Waals surface area (Å²) in [6.07, 6.45) is 4.38. The number of nitrogens with one attached hydrogen (secondary N) is 1. The second-order valence-electron chi connectivity index (χ2n) is 5.84. The lowest BCUT2D eigenvalue weighted by molar-refractivity contribution is 0.0893. The van der Waals surface area contributed by atoms with E-state index < -0.39 is 0 Å². The molecule has 23 heavy (non-hydrogen) atoms. The van der Waals surface area contributed by atoms with Gasteiger partial charge in [0.05, 0.1) is 6.04 Å². The molecule has 3 rings (SSSR count). The molecular formula is C18H20N2O3. The van der Waals surface area contributed by atoms with E-state index in [-0.39, 0.29) is 23.6 Å². The monoisotopic (exact) mass is 312 g/mol. The van der Waals surface area contributed by atoms with Gasteiger partial charge < -0.3 is 14.6 Å². The van der Waals surface area contributed by atoms with Crippen molar-refractivity contribution in [3.8, 4) is 5.75 Å². The number of rotatable bonds is 4. The minimum atomic E-state index is -0.226. The molecule has 1 amide bonds. The maximum atomic E-state index is 12.3. The number of carbonyl (C=O) groups excluding carboxylic acids is 1. The van der Waals surface area contributed by atoms with Gasteiger partial charge in [-0.15, -0.1) is 0 Å². The highest BCUT2D eigenvalue weighted by atomic mass is 16.5. The van der Waals surface area contributed by atoms with Crippen molar-refractivity contribution in [3.05, 3.63) is 64.6 Å². The fraction of sp³-hybridized carbons (Fsp3) is 0.333. The van der Waals surface area contributed by atoms with Crippen molar-refractivity contribution in [2.45, 2.75) is 31.4 Å². The largest absolute Gasteiger partial charge is 0.488 e. The molecule has 1 aliphatic carbocycles. The SMILES string of the molecule is Cn1ccc(C(=O)N[C@H]2CCC[C@@H]2Oc2ccccc2)cc1=O. The molecule has 0 bridgehead atoms. The molecule has 120 valence electrons. The van der Waals surface area contributed by atoms with Crippen LogP contribution >= 0.6 is 0 Å². The number of pyridine rings is 1. The van der Waals surface area contributed by atoms with E-state index in [9.17, 15) is 9.59 Å². The number of aryl methyl sites for hydroxylation is 1. The van der Waals surface area contributed by atoms with E-state index in [0.717, 1.165) is 25.0 Å². The molecule has 0 radical (unpaired) electrons. The van der Waals surface area contributed by atoms with E-state index in [2.05, 4.69) is 5.32 Å². The van der Waals surface area contributed by atoms with Crippen molar-refractivity contribution < 1.29 is 9.53 Å². The smallest absolute Gasteiger partial charge is 0.251 e. The molecule has 1 aliphatic rings. The van der Waals surface area contributed by atoms with Gasteiger partial charge in [0.2, 0.25) is 0 Å². The third-order valence-electron chi connectivity index (χ3n) is 4.17. The topological polar surface area (TPSA) is 60.3 Å². The second-order valence-corrected chi connectivity index (χ2v) is 5.84. The molecule has 0 unspecified atom stereocenters. The Balaban J connectivity index is 1.67. The summed E-state index contributed by atoms with van der Waals surface area (Å²) in [7, 11) is 1.66. The van der Waals surface area contributed by atoms with Crippen LogP contribution in [0.2, 0.25) is 0 Å². The van der Waals surface area contributed by atoms with Crippen LogP contribution in [0.1, 0.15) is 29.6 Å². The molecule has 0 aliphatic heterocycles. The maximum absolute atomic E-state index is 12.3. The second kappa shape index (κ2) is 6.69. The van der Waals surface area contributed by atoms with Gasteiger partial charge in [0, 0.05) is 24.9 Å². The van der Waals surface area contributed by atoms with Crippen LogP contribution in [0, 0.1) is 0 Å². The average Bonchev–Trinajstić information content (AvgIpc) is 2.98. The Morgan fingerprint density at radius 2 is 2.00 bits per heavy atom. The van der Waals surface area contributed by atoms with Gasteiger partial charge in [-0.1, -0.05) is 18.2 Å². The molecule has 5 nitrogen and oxygen atoms in total. The van der Waals surface area contributed by atoms with Crippen LogP contribution in [0.4, 0.5) is 0 Å². The zero-order chi connectivity index (χ0) is 16.2. The van der Waals surface area contributed by atoms with Crippen LogP contribution in [-0.4, -0.2) is 22.6 Å². The number of benzene rings is 1. The van der Waals surface area contributed by atoms with Crippen LogP contribution in [0.3, 0.4) is 0 Å². The summed E-state index contributed by atoms with van der Waals surface area (Å²) in [6, 6.07) is 12.6. The quantitative estimate of drug-likeness (QED) is 0.940. The molecule has 0 saturated heterocycles. The minimum Gasteiger partial charge on any atom is -0.488 e.